The maximum Gasteiger partial charge on any atom is 0.0582 e. The third-order valence-electron chi connectivity index (χ3n) is 12.1. The minimum absolute atomic E-state index is 0.0566. The van der Waals surface area contributed by atoms with Crippen molar-refractivity contribution in [2.24, 2.45) is 5.41 Å². The molecule has 2 nitrogen and oxygen atoms in total. The van der Waals surface area contributed by atoms with Crippen molar-refractivity contribution >= 4 is 34.1 Å². The fourth-order valence-electron chi connectivity index (χ4n) is 8.53. The number of benzene rings is 5. The van der Waals surface area contributed by atoms with Crippen LogP contribution in [-0.2, 0) is 21.7 Å². The van der Waals surface area contributed by atoms with Crippen LogP contribution in [0.4, 0.5) is 22.7 Å². The van der Waals surface area contributed by atoms with Crippen molar-refractivity contribution in [3.8, 4) is 0 Å². The summed E-state index contributed by atoms with van der Waals surface area (Å²) in [5.74, 6) is 0. The predicted octanol–water partition coefficient (Wildman–Crippen LogP) is 13.7. The molecule has 7 rings (SSSR count). The van der Waals surface area contributed by atoms with Crippen LogP contribution >= 0.6 is 0 Å². The van der Waals surface area contributed by atoms with Crippen LogP contribution in [0.5, 0.6) is 0 Å². The monoisotopic (exact) mass is 753 g/mol. The smallest absolute Gasteiger partial charge is 0.0582 e. The zero-order chi connectivity index (χ0) is 41.1. The Morgan fingerprint density at radius 3 is 1.11 bits per heavy atom. The second kappa shape index (κ2) is 14.4. The normalized spacial score (nSPS) is 17.2. The molecule has 0 heterocycles. The summed E-state index contributed by atoms with van der Waals surface area (Å²) in [4.78, 5) is 5.08. The van der Waals surface area contributed by atoms with Crippen LogP contribution in [0.3, 0.4) is 0 Å². The number of hydrogen-bond donors (Lipinski definition) is 0. The first-order valence-corrected chi connectivity index (χ1v) is 20.9. The lowest BCUT2D eigenvalue weighted by Crippen LogP contribution is -2.49. The van der Waals surface area contributed by atoms with Gasteiger partial charge in [-0.3, -0.25) is 0 Å². The summed E-state index contributed by atoms with van der Waals surface area (Å²) >= 11 is 0. The van der Waals surface area contributed by atoms with Crippen LogP contribution in [0.15, 0.2) is 145 Å². The molecule has 0 amide bonds. The zero-order valence-corrected chi connectivity index (χ0v) is 36.9. The number of allylic oxidation sites excluding steroid dienone is 3. The number of rotatable bonds is 6. The predicted molar refractivity (Wildman–Crippen MR) is 247 cm³/mol. The van der Waals surface area contributed by atoms with E-state index in [4.69, 9.17) is 0 Å². The molecule has 0 fully saturated rings. The van der Waals surface area contributed by atoms with E-state index in [1.54, 1.807) is 0 Å². The molecule has 57 heavy (non-hydrogen) atoms. The Balaban J connectivity index is 1.58. The number of fused-ring (bicyclic) bond motifs is 2. The van der Waals surface area contributed by atoms with Crippen molar-refractivity contribution in [2.75, 3.05) is 9.80 Å². The van der Waals surface area contributed by atoms with Gasteiger partial charge in [0.05, 0.1) is 5.70 Å². The summed E-state index contributed by atoms with van der Waals surface area (Å²) in [6.07, 6.45) is 7.90. The Bertz CT molecular complexity index is 2320. The van der Waals surface area contributed by atoms with E-state index in [-0.39, 0.29) is 27.1 Å². The molecular formula is C55H64N2. The van der Waals surface area contributed by atoms with Crippen molar-refractivity contribution < 1.29 is 0 Å². The number of hydrogen-bond acceptors (Lipinski definition) is 2. The minimum Gasteiger partial charge on any atom is -0.313 e. The standard InChI is InChI=1S/C55H64N2/c1-51(2,3)38-21-29-42(30-22-38)56(43-31-23-39(24-32-43)52(4,5)6)49-46-18-14-15-19-47(46)50(55(13)37-17-16-20-48(49)55)57(44-33-25-40(26-34-44)53(7,8)9)45-35-27-41(28-36-45)54(10,11)12/h14-36H,37H2,1-13H3. The van der Waals surface area contributed by atoms with Crippen LogP contribution in [0.25, 0.3) is 11.4 Å². The highest BCUT2D eigenvalue weighted by molar-refractivity contribution is 5.96. The van der Waals surface area contributed by atoms with Gasteiger partial charge >= 0.3 is 0 Å². The molecule has 0 aromatic heterocycles. The van der Waals surface area contributed by atoms with E-state index in [1.807, 2.05) is 0 Å². The molecule has 2 aliphatic rings. The average Bonchev–Trinajstić information content (AvgIpc) is 3.15. The highest BCUT2D eigenvalue weighted by Crippen LogP contribution is 2.53. The lowest BCUT2D eigenvalue weighted by Gasteiger charge is -2.47. The summed E-state index contributed by atoms with van der Waals surface area (Å²) in [5.41, 5.74) is 13.7. The van der Waals surface area contributed by atoms with Gasteiger partial charge in [0.25, 0.3) is 0 Å². The van der Waals surface area contributed by atoms with E-state index in [9.17, 15) is 0 Å². The highest BCUT2D eigenvalue weighted by atomic mass is 15.2. The third kappa shape index (κ3) is 7.69. The lowest BCUT2D eigenvalue weighted by atomic mass is 9.68. The largest absolute Gasteiger partial charge is 0.313 e. The topological polar surface area (TPSA) is 6.48 Å². The highest BCUT2D eigenvalue weighted by Gasteiger charge is 2.44. The number of anilines is 4. The maximum atomic E-state index is 2.56. The van der Waals surface area contributed by atoms with Gasteiger partial charge in [0.1, 0.15) is 0 Å². The molecule has 0 saturated carbocycles. The molecule has 0 radical (unpaired) electrons. The quantitative estimate of drug-likeness (QED) is 0.170. The lowest BCUT2D eigenvalue weighted by molar-refractivity contribution is 0.534. The first-order chi connectivity index (χ1) is 26.7. The Morgan fingerprint density at radius 1 is 0.421 bits per heavy atom. The fourth-order valence-corrected chi connectivity index (χ4v) is 8.53. The molecule has 1 atom stereocenters. The molecular weight excluding hydrogens is 689 g/mol. The molecule has 5 aromatic rings. The summed E-state index contributed by atoms with van der Waals surface area (Å²) in [5, 5.41) is 2.49. The van der Waals surface area contributed by atoms with Crippen LogP contribution in [0.2, 0.25) is 0 Å². The van der Waals surface area contributed by atoms with Crippen LogP contribution in [0, 0.1) is 5.41 Å². The maximum absolute atomic E-state index is 2.56. The van der Waals surface area contributed by atoms with Crippen molar-refractivity contribution in [1.29, 1.82) is 0 Å². The van der Waals surface area contributed by atoms with Crippen molar-refractivity contribution in [1.82, 2.24) is 0 Å². The van der Waals surface area contributed by atoms with E-state index in [1.165, 1.54) is 61.0 Å². The SMILES string of the molecule is CC12CC=CC=C1C(N(c1ccc(C(C)(C)C)cc1)c1ccc(C(C)(C)C)cc1)=c1ccccc1=C2N(c1ccc(C(C)(C)C)cc1)c1ccc(C(C)(C)C)cc1. The summed E-state index contributed by atoms with van der Waals surface area (Å²) < 4.78 is 0. The average molecular weight is 753 g/mol. The van der Waals surface area contributed by atoms with Gasteiger partial charge in [-0.1, -0.05) is 174 Å². The van der Waals surface area contributed by atoms with E-state index in [2.05, 4.69) is 239 Å². The Hall–Kier alpha value is -5.08. The molecule has 0 bridgehead atoms. The molecule has 0 saturated heterocycles. The van der Waals surface area contributed by atoms with Crippen molar-refractivity contribution in [2.45, 2.75) is 118 Å². The van der Waals surface area contributed by atoms with Gasteiger partial charge in [-0.25, -0.2) is 0 Å². The molecule has 5 aromatic carbocycles. The summed E-state index contributed by atoms with van der Waals surface area (Å²) in [6, 6.07) is 46.3. The van der Waals surface area contributed by atoms with Gasteiger partial charge in [0.2, 0.25) is 0 Å². The van der Waals surface area contributed by atoms with Gasteiger partial charge < -0.3 is 9.80 Å². The van der Waals surface area contributed by atoms with Crippen LogP contribution in [-0.4, -0.2) is 0 Å². The zero-order valence-electron chi connectivity index (χ0n) is 36.9. The molecule has 0 N–H and O–H groups in total. The van der Waals surface area contributed by atoms with Gasteiger partial charge in [0.15, 0.2) is 0 Å². The molecule has 2 aliphatic carbocycles. The Kier molecular flexibility index (Phi) is 10.1. The van der Waals surface area contributed by atoms with E-state index in [0.717, 1.165) is 17.8 Å². The Labute approximate surface area is 344 Å². The second-order valence-electron chi connectivity index (χ2n) is 20.6. The summed E-state index contributed by atoms with van der Waals surface area (Å²) in [7, 11) is 0. The van der Waals surface area contributed by atoms with Gasteiger partial charge in [-0.2, -0.15) is 0 Å². The molecule has 1 unspecified atom stereocenters. The molecule has 294 valence electrons. The van der Waals surface area contributed by atoms with E-state index in [0.29, 0.717) is 0 Å². The van der Waals surface area contributed by atoms with E-state index < -0.39 is 0 Å². The first kappa shape index (κ1) is 40.1. The van der Waals surface area contributed by atoms with Crippen LogP contribution in [0.1, 0.15) is 119 Å². The van der Waals surface area contributed by atoms with Gasteiger partial charge in [0, 0.05) is 44.3 Å². The van der Waals surface area contributed by atoms with Crippen LogP contribution < -0.4 is 20.2 Å². The van der Waals surface area contributed by atoms with Crippen molar-refractivity contribution in [3.05, 3.63) is 178 Å². The minimum atomic E-state index is -0.362. The molecule has 0 aliphatic heterocycles. The fraction of sp³-hybridized carbons (Fsp3) is 0.345. The van der Waals surface area contributed by atoms with E-state index >= 15 is 0 Å². The first-order valence-electron chi connectivity index (χ1n) is 20.9. The molecule has 2 heteroatoms. The molecule has 0 spiro atoms. The van der Waals surface area contributed by atoms with Crippen molar-refractivity contribution in [3.63, 3.8) is 0 Å². The van der Waals surface area contributed by atoms with Gasteiger partial charge in [-0.05, 0) is 111 Å². The third-order valence-corrected chi connectivity index (χ3v) is 12.1. The number of nitrogens with zero attached hydrogens (tertiary/aromatic N) is 2. The second-order valence-corrected chi connectivity index (χ2v) is 20.6. The Morgan fingerprint density at radius 2 is 0.754 bits per heavy atom. The summed E-state index contributed by atoms with van der Waals surface area (Å²) in [6.45, 7) is 30.0. The van der Waals surface area contributed by atoms with Gasteiger partial charge in [-0.15, -0.1) is 0 Å².